The van der Waals surface area contributed by atoms with Crippen molar-refractivity contribution >= 4 is 29.2 Å². The molecule has 2 heterocycles. The van der Waals surface area contributed by atoms with Crippen molar-refractivity contribution < 1.29 is 23.5 Å². The molecule has 2 aromatic carbocycles. The minimum Gasteiger partial charge on any atom is -0.452 e. The number of fused-ring (bicyclic) bond motifs is 1. The fraction of sp³-hybridized carbons (Fsp3) is 0.0476. The first-order chi connectivity index (χ1) is 13.1. The molecule has 0 aliphatic carbocycles. The topological polar surface area (TPSA) is 52.6 Å². The number of esters is 1. The van der Waals surface area contributed by atoms with E-state index in [1.54, 1.807) is 24.3 Å². The molecule has 27 heavy (non-hydrogen) atoms. The number of allylic oxidation sites excluding steroid dienone is 1. The van der Waals surface area contributed by atoms with Crippen LogP contribution in [-0.4, -0.2) is 11.8 Å². The molecule has 0 fully saturated rings. The number of benzene rings is 2. The smallest absolute Gasteiger partial charge is 0.316 e. The van der Waals surface area contributed by atoms with Gasteiger partial charge in [0, 0.05) is 16.5 Å². The van der Waals surface area contributed by atoms with Crippen molar-refractivity contribution in [3.05, 3.63) is 87.6 Å². The van der Waals surface area contributed by atoms with Crippen molar-refractivity contribution in [2.75, 3.05) is 0 Å². The van der Waals surface area contributed by atoms with E-state index in [-0.39, 0.29) is 35.0 Å². The van der Waals surface area contributed by atoms with Crippen LogP contribution in [0.1, 0.15) is 20.8 Å². The molecule has 0 amide bonds. The molecule has 4 nitrogen and oxygen atoms in total. The van der Waals surface area contributed by atoms with Crippen LogP contribution in [0.4, 0.5) is 4.39 Å². The Morgan fingerprint density at radius 2 is 2.00 bits per heavy atom. The fourth-order valence-electron chi connectivity index (χ4n) is 2.69. The summed E-state index contributed by atoms with van der Waals surface area (Å²) in [7, 11) is 0. The highest BCUT2D eigenvalue weighted by Crippen LogP contribution is 2.35. The summed E-state index contributed by atoms with van der Waals surface area (Å²) in [6, 6.07) is 14.4. The zero-order valence-corrected chi connectivity index (χ0v) is 14.8. The molecule has 0 unspecified atom stereocenters. The van der Waals surface area contributed by atoms with Crippen LogP contribution in [0.2, 0.25) is 0 Å². The number of carbonyl (C=O) groups is 2. The van der Waals surface area contributed by atoms with Crippen LogP contribution in [0.3, 0.4) is 0 Å². The summed E-state index contributed by atoms with van der Waals surface area (Å²) >= 11 is 1.48. The maximum Gasteiger partial charge on any atom is 0.316 e. The predicted molar refractivity (Wildman–Crippen MR) is 99.4 cm³/mol. The van der Waals surface area contributed by atoms with Gasteiger partial charge in [-0.1, -0.05) is 24.3 Å². The van der Waals surface area contributed by atoms with Gasteiger partial charge in [0.15, 0.2) is 5.76 Å². The van der Waals surface area contributed by atoms with Gasteiger partial charge in [-0.2, -0.15) is 0 Å². The number of ether oxygens (including phenoxy) is 2. The number of carbonyl (C=O) groups excluding carboxylic acids is 2. The molecular formula is C21H13FO4S. The van der Waals surface area contributed by atoms with E-state index in [0.29, 0.717) is 5.56 Å². The van der Waals surface area contributed by atoms with Gasteiger partial charge in [0.1, 0.15) is 17.3 Å². The highest BCUT2D eigenvalue weighted by Gasteiger charge is 2.28. The Kier molecular flexibility index (Phi) is 4.56. The molecule has 0 bridgehead atoms. The normalized spacial score (nSPS) is 14.1. The van der Waals surface area contributed by atoms with Gasteiger partial charge in [-0.15, -0.1) is 11.3 Å². The van der Waals surface area contributed by atoms with E-state index in [9.17, 15) is 14.0 Å². The Balaban J connectivity index is 1.52. The molecule has 6 heteroatoms. The first kappa shape index (κ1) is 17.2. The van der Waals surface area contributed by atoms with Crippen LogP contribution >= 0.6 is 11.3 Å². The standard InChI is InChI=1S/C21H13FO4S/c22-17-6-2-1-4-13(17)10-19-21(24)16-8-7-14(11-18(16)26-19)25-20(23)12-15-5-3-9-27-15/h1-11H,12H2/b19-10-. The van der Waals surface area contributed by atoms with Gasteiger partial charge in [0.25, 0.3) is 0 Å². The van der Waals surface area contributed by atoms with E-state index in [4.69, 9.17) is 9.47 Å². The molecule has 1 aliphatic heterocycles. The lowest BCUT2D eigenvalue weighted by molar-refractivity contribution is -0.133. The Hall–Kier alpha value is -3.25. The molecule has 0 spiro atoms. The van der Waals surface area contributed by atoms with Crippen molar-refractivity contribution in [2.24, 2.45) is 0 Å². The summed E-state index contributed by atoms with van der Waals surface area (Å²) in [6.07, 6.45) is 1.53. The van der Waals surface area contributed by atoms with Crippen molar-refractivity contribution in [3.8, 4) is 11.5 Å². The Bertz CT molecular complexity index is 1050. The molecule has 0 saturated carbocycles. The number of rotatable bonds is 4. The maximum atomic E-state index is 13.8. The van der Waals surface area contributed by atoms with E-state index in [1.165, 1.54) is 35.6 Å². The summed E-state index contributed by atoms with van der Waals surface area (Å²) in [5, 5.41) is 1.89. The molecule has 1 aromatic heterocycles. The lowest BCUT2D eigenvalue weighted by Crippen LogP contribution is -2.10. The van der Waals surface area contributed by atoms with Crippen LogP contribution in [0.5, 0.6) is 11.5 Å². The largest absolute Gasteiger partial charge is 0.452 e. The number of hydrogen-bond acceptors (Lipinski definition) is 5. The second-order valence-corrected chi connectivity index (χ2v) is 6.88. The van der Waals surface area contributed by atoms with Crippen LogP contribution in [0.25, 0.3) is 6.08 Å². The molecule has 0 N–H and O–H groups in total. The third kappa shape index (κ3) is 3.66. The first-order valence-electron chi connectivity index (χ1n) is 8.16. The van der Waals surface area contributed by atoms with E-state index < -0.39 is 11.8 Å². The van der Waals surface area contributed by atoms with Crippen molar-refractivity contribution in [3.63, 3.8) is 0 Å². The quantitative estimate of drug-likeness (QED) is 0.376. The average Bonchev–Trinajstić information content (AvgIpc) is 3.25. The number of ketones is 1. The van der Waals surface area contributed by atoms with Crippen LogP contribution < -0.4 is 9.47 Å². The zero-order chi connectivity index (χ0) is 18.8. The highest BCUT2D eigenvalue weighted by molar-refractivity contribution is 7.10. The Morgan fingerprint density at radius 1 is 1.15 bits per heavy atom. The molecular weight excluding hydrogens is 367 g/mol. The van der Waals surface area contributed by atoms with Crippen LogP contribution in [0, 0.1) is 5.82 Å². The van der Waals surface area contributed by atoms with E-state index in [0.717, 1.165) is 4.88 Å². The molecule has 1 aliphatic rings. The molecule has 0 saturated heterocycles. The molecule has 0 atom stereocenters. The predicted octanol–water partition coefficient (Wildman–Crippen LogP) is 4.65. The summed E-state index contributed by atoms with van der Waals surface area (Å²) in [4.78, 5) is 25.4. The lowest BCUT2D eigenvalue weighted by Gasteiger charge is -2.05. The average molecular weight is 380 g/mol. The SMILES string of the molecule is O=C(Cc1cccs1)Oc1ccc2c(c1)O/C(=C\c1ccccc1F)C2=O. The molecule has 0 radical (unpaired) electrons. The summed E-state index contributed by atoms with van der Waals surface area (Å²) in [5.41, 5.74) is 0.604. The van der Waals surface area contributed by atoms with Crippen molar-refractivity contribution in [1.82, 2.24) is 0 Å². The van der Waals surface area contributed by atoms with E-state index >= 15 is 0 Å². The maximum absolute atomic E-state index is 13.8. The van der Waals surface area contributed by atoms with E-state index in [2.05, 4.69) is 0 Å². The van der Waals surface area contributed by atoms with Gasteiger partial charge in [-0.25, -0.2) is 4.39 Å². The number of halogens is 1. The number of hydrogen-bond donors (Lipinski definition) is 0. The Morgan fingerprint density at radius 3 is 2.78 bits per heavy atom. The fourth-order valence-corrected chi connectivity index (χ4v) is 3.38. The van der Waals surface area contributed by atoms with Gasteiger partial charge in [-0.3, -0.25) is 9.59 Å². The zero-order valence-electron chi connectivity index (χ0n) is 14.0. The third-order valence-corrected chi connectivity index (χ3v) is 4.84. The van der Waals surface area contributed by atoms with Crippen LogP contribution in [-0.2, 0) is 11.2 Å². The second kappa shape index (κ2) is 7.17. The van der Waals surface area contributed by atoms with E-state index in [1.807, 2.05) is 17.5 Å². The highest BCUT2D eigenvalue weighted by atomic mass is 32.1. The summed E-state index contributed by atoms with van der Waals surface area (Å²) in [5.74, 6) is -0.592. The Labute approximate surface area is 158 Å². The summed E-state index contributed by atoms with van der Waals surface area (Å²) in [6.45, 7) is 0. The number of thiophene rings is 1. The van der Waals surface area contributed by atoms with Gasteiger partial charge >= 0.3 is 5.97 Å². The van der Waals surface area contributed by atoms with Crippen molar-refractivity contribution in [2.45, 2.75) is 6.42 Å². The van der Waals surface area contributed by atoms with Crippen molar-refractivity contribution in [1.29, 1.82) is 0 Å². The lowest BCUT2D eigenvalue weighted by atomic mass is 10.1. The molecule has 4 rings (SSSR count). The number of Topliss-reactive ketones (excluding diaryl/α,β-unsaturated/α-hetero) is 1. The minimum absolute atomic E-state index is 0.0252. The second-order valence-electron chi connectivity index (χ2n) is 5.85. The minimum atomic E-state index is -0.444. The molecule has 134 valence electrons. The monoisotopic (exact) mass is 380 g/mol. The summed E-state index contributed by atoms with van der Waals surface area (Å²) < 4.78 is 24.7. The van der Waals surface area contributed by atoms with Gasteiger partial charge in [-0.05, 0) is 35.7 Å². The van der Waals surface area contributed by atoms with Gasteiger partial charge < -0.3 is 9.47 Å². The molecule has 3 aromatic rings. The van der Waals surface area contributed by atoms with Gasteiger partial charge in [0.05, 0.1) is 12.0 Å². The first-order valence-corrected chi connectivity index (χ1v) is 9.04. The van der Waals surface area contributed by atoms with Gasteiger partial charge in [0.2, 0.25) is 5.78 Å². The van der Waals surface area contributed by atoms with Crippen LogP contribution in [0.15, 0.2) is 65.7 Å². The third-order valence-electron chi connectivity index (χ3n) is 3.96.